The lowest BCUT2D eigenvalue weighted by Gasteiger charge is -2.05. The molecule has 0 spiro atoms. The van der Waals surface area contributed by atoms with Crippen LogP contribution < -0.4 is 10.1 Å². The number of fused-ring (bicyclic) bond motifs is 1. The molecular formula is C15H16N2O3. The molecule has 1 heterocycles. The Balaban J connectivity index is 2.06. The molecule has 2 rings (SSSR count). The maximum absolute atomic E-state index is 11.6. The highest BCUT2D eigenvalue weighted by Crippen LogP contribution is 2.32. The highest BCUT2D eigenvalue weighted by molar-refractivity contribution is 5.87. The van der Waals surface area contributed by atoms with Crippen molar-refractivity contribution in [3.63, 3.8) is 0 Å². The van der Waals surface area contributed by atoms with E-state index in [1.807, 2.05) is 18.2 Å². The third-order valence-electron chi connectivity index (χ3n) is 2.85. The Morgan fingerprint density at radius 1 is 1.45 bits per heavy atom. The second-order valence-corrected chi connectivity index (χ2v) is 4.36. The molecule has 0 saturated heterocycles. The number of benzene rings is 1. The number of furan rings is 1. The number of nitrogens with zero attached hydrogens (tertiary/aromatic N) is 1. The van der Waals surface area contributed by atoms with Crippen molar-refractivity contribution in [1.29, 1.82) is 5.26 Å². The first-order valence-electron chi connectivity index (χ1n) is 6.57. The summed E-state index contributed by atoms with van der Waals surface area (Å²) in [5.74, 6) is 0.217. The van der Waals surface area contributed by atoms with Crippen molar-refractivity contribution < 1.29 is 13.9 Å². The number of rotatable bonds is 6. The summed E-state index contributed by atoms with van der Waals surface area (Å²) in [6, 6.07) is 9.13. The second kappa shape index (κ2) is 6.62. The molecule has 0 atom stereocenters. The van der Waals surface area contributed by atoms with Gasteiger partial charge < -0.3 is 14.5 Å². The largest absolute Gasteiger partial charge is 0.478 e. The highest BCUT2D eigenvalue weighted by Gasteiger charge is 2.16. The summed E-state index contributed by atoms with van der Waals surface area (Å²) in [7, 11) is 0. The van der Waals surface area contributed by atoms with Crippen molar-refractivity contribution in [2.75, 3.05) is 13.2 Å². The van der Waals surface area contributed by atoms with Crippen LogP contribution in [0.1, 0.15) is 25.5 Å². The lowest BCUT2D eigenvalue weighted by atomic mass is 10.2. The van der Waals surface area contributed by atoms with E-state index < -0.39 is 0 Å². The van der Waals surface area contributed by atoms with Gasteiger partial charge in [0.05, 0.1) is 5.39 Å². The average Bonchev–Trinajstić information content (AvgIpc) is 2.83. The molecule has 0 unspecified atom stereocenters. The van der Waals surface area contributed by atoms with E-state index in [1.165, 1.54) is 0 Å². The number of unbranched alkanes of at least 4 members (excludes halogenated alkanes) is 1. The molecule has 1 amide bonds. The van der Waals surface area contributed by atoms with Crippen LogP contribution in [0.5, 0.6) is 5.75 Å². The minimum atomic E-state index is -0.201. The van der Waals surface area contributed by atoms with Crippen LogP contribution >= 0.6 is 0 Å². The predicted octanol–water partition coefficient (Wildman–Crippen LogP) is 2.60. The van der Waals surface area contributed by atoms with E-state index in [9.17, 15) is 4.79 Å². The summed E-state index contributed by atoms with van der Waals surface area (Å²) >= 11 is 0. The minimum Gasteiger partial charge on any atom is -0.478 e. The fourth-order valence-electron chi connectivity index (χ4n) is 1.83. The molecule has 1 N–H and O–H groups in total. The lowest BCUT2D eigenvalue weighted by molar-refractivity contribution is -0.123. The van der Waals surface area contributed by atoms with Crippen LogP contribution in [0.15, 0.2) is 28.7 Å². The van der Waals surface area contributed by atoms with Crippen LogP contribution in [0.4, 0.5) is 0 Å². The van der Waals surface area contributed by atoms with Gasteiger partial charge in [-0.2, -0.15) is 5.26 Å². The van der Waals surface area contributed by atoms with Crippen molar-refractivity contribution in [2.24, 2.45) is 0 Å². The van der Waals surface area contributed by atoms with E-state index >= 15 is 0 Å². The first kappa shape index (κ1) is 13.9. The first-order valence-corrected chi connectivity index (χ1v) is 6.57. The number of amides is 1. The number of nitriles is 1. The van der Waals surface area contributed by atoms with Crippen molar-refractivity contribution in [2.45, 2.75) is 19.8 Å². The van der Waals surface area contributed by atoms with Crippen LogP contribution in [0.2, 0.25) is 0 Å². The number of carbonyl (C=O) groups excluding carboxylic acids is 1. The van der Waals surface area contributed by atoms with Gasteiger partial charge in [0.25, 0.3) is 5.91 Å². The lowest BCUT2D eigenvalue weighted by Crippen LogP contribution is -2.29. The summed E-state index contributed by atoms with van der Waals surface area (Å²) in [5.41, 5.74) is 0.574. The number of hydrogen-bond donors (Lipinski definition) is 1. The molecule has 5 nitrogen and oxygen atoms in total. The van der Waals surface area contributed by atoms with E-state index in [-0.39, 0.29) is 18.3 Å². The van der Waals surface area contributed by atoms with Gasteiger partial charge in [-0.25, -0.2) is 0 Å². The van der Waals surface area contributed by atoms with E-state index in [4.69, 9.17) is 14.4 Å². The summed E-state index contributed by atoms with van der Waals surface area (Å²) in [5, 5.41) is 12.5. The fourth-order valence-corrected chi connectivity index (χ4v) is 1.83. The van der Waals surface area contributed by atoms with Gasteiger partial charge in [-0.05, 0) is 18.6 Å². The zero-order valence-corrected chi connectivity index (χ0v) is 11.3. The van der Waals surface area contributed by atoms with E-state index in [1.54, 1.807) is 12.1 Å². The molecule has 0 aliphatic heterocycles. The third kappa shape index (κ3) is 3.09. The Kier molecular flexibility index (Phi) is 4.61. The molecule has 104 valence electrons. The molecule has 0 saturated carbocycles. The standard InChI is InChI=1S/C15H16N2O3/c1-2-3-8-17-14(18)10-19-15-11-6-4-5-7-12(11)20-13(15)9-16/h4-7H,2-3,8,10H2,1H3,(H,17,18). The molecule has 5 heteroatoms. The number of nitrogens with one attached hydrogen (secondary N) is 1. The van der Waals surface area contributed by atoms with Gasteiger partial charge in [-0.15, -0.1) is 0 Å². The maximum atomic E-state index is 11.6. The molecule has 0 aliphatic rings. The van der Waals surface area contributed by atoms with E-state index in [2.05, 4.69) is 12.2 Å². The summed E-state index contributed by atoms with van der Waals surface area (Å²) < 4.78 is 10.8. The number of para-hydroxylation sites is 1. The summed E-state index contributed by atoms with van der Waals surface area (Å²) in [4.78, 5) is 11.6. The molecule has 1 aromatic carbocycles. The Bertz CT molecular complexity index is 640. The topological polar surface area (TPSA) is 75.3 Å². The monoisotopic (exact) mass is 272 g/mol. The van der Waals surface area contributed by atoms with Crippen LogP contribution in [0, 0.1) is 11.3 Å². The summed E-state index contributed by atoms with van der Waals surface area (Å²) in [6.07, 6.45) is 1.95. The van der Waals surface area contributed by atoms with Crippen LogP contribution in [0.3, 0.4) is 0 Å². The molecule has 20 heavy (non-hydrogen) atoms. The third-order valence-corrected chi connectivity index (χ3v) is 2.85. The van der Waals surface area contributed by atoms with E-state index in [0.717, 1.165) is 12.8 Å². The van der Waals surface area contributed by atoms with Gasteiger partial charge in [0.2, 0.25) is 5.76 Å². The smallest absolute Gasteiger partial charge is 0.257 e. The van der Waals surface area contributed by atoms with Gasteiger partial charge >= 0.3 is 0 Å². The highest BCUT2D eigenvalue weighted by atomic mass is 16.5. The Labute approximate surface area is 117 Å². The molecule has 0 bridgehead atoms. The van der Waals surface area contributed by atoms with Crippen molar-refractivity contribution in [3.05, 3.63) is 30.0 Å². The van der Waals surface area contributed by atoms with Crippen LogP contribution in [-0.2, 0) is 4.79 Å². The predicted molar refractivity (Wildman–Crippen MR) is 74.3 cm³/mol. The van der Waals surface area contributed by atoms with Gasteiger partial charge in [0.1, 0.15) is 11.7 Å². The van der Waals surface area contributed by atoms with Gasteiger partial charge in [0.15, 0.2) is 12.4 Å². The molecular weight excluding hydrogens is 256 g/mol. The molecule has 1 aromatic heterocycles. The summed E-state index contributed by atoms with van der Waals surface area (Å²) in [6.45, 7) is 2.57. The quantitative estimate of drug-likeness (QED) is 0.820. The zero-order valence-electron chi connectivity index (χ0n) is 11.3. The number of carbonyl (C=O) groups is 1. The van der Waals surface area contributed by atoms with Crippen molar-refractivity contribution in [1.82, 2.24) is 5.32 Å². The fraction of sp³-hybridized carbons (Fsp3) is 0.333. The van der Waals surface area contributed by atoms with Crippen LogP contribution in [-0.4, -0.2) is 19.1 Å². The SMILES string of the molecule is CCCCNC(=O)COc1c(C#N)oc2ccccc12. The zero-order chi connectivity index (χ0) is 14.4. The van der Waals surface area contributed by atoms with Gasteiger partial charge in [-0.3, -0.25) is 4.79 Å². The normalized spacial score (nSPS) is 10.2. The van der Waals surface area contributed by atoms with Gasteiger partial charge in [-0.1, -0.05) is 25.5 Å². The second-order valence-electron chi connectivity index (χ2n) is 4.36. The Morgan fingerprint density at radius 3 is 3.00 bits per heavy atom. The van der Waals surface area contributed by atoms with Gasteiger partial charge in [0, 0.05) is 6.54 Å². The minimum absolute atomic E-state index is 0.0903. The molecule has 0 fully saturated rings. The molecule has 0 aliphatic carbocycles. The maximum Gasteiger partial charge on any atom is 0.257 e. The average molecular weight is 272 g/mol. The van der Waals surface area contributed by atoms with Crippen molar-refractivity contribution in [3.8, 4) is 11.8 Å². The Hall–Kier alpha value is -2.48. The number of ether oxygens (including phenoxy) is 1. The molecule has 0 radical (unpaired) electrons. The molecule has 2 aromatic rings. The number of hydrogen-bond acceptors (Lipinski definition) is 4. The van der Waals surface area contributed by atoms with Crippen molar-refractivity contribution >= 4 is 16.9 Å². The Morgan fingerprint density at radius 2 is 2.25 bits per heavy atom. The first-order chi connectivity index (χ1) is 9.76. The van der Waals surface area contributed by atoms with E-state index in [0.29, 0.717) is 23.3 Å². The van der Waals surface area contributed by atoms with Crippen LogP contribution in [0.25, 0.3) is 11.0 Å².